The second-order valence-corrected chi connectivity index (χ2v) is 4.10. The Morgan fingerprint density at radius 1 is 1.24 bits per heavy atom. The van der Waals surface area contributed by atoms with Crippen molar-refractivity contribution in [2.75, 3.05) is 0 Å². The van der Waals surface area contributed by atoms with Crippen LogP contribution in [0.15, 0.2) is 39.8 Å². The van der Waals surface area contributed by atoms with Gasteiger partial charge >= 0.3 is 0 Å². The van der Waals surface area contributed by atoms with Crippen LogP contribution in [0.4, 0.5) is 4.39 Å². The predicted molar refractivity (Wildman–Crippen MR) is 75.0 cm³/mol. The van der Waals surface area contributed by atoms with E-state index < -0.39 is 0 Å². The smallest absolute Gasteiger partial charge is 0.211 e. The molecule has 0 saturated carbocycles. The van der Waals surface area contributed by atoms with Gasteiger partial charge in [-0.15, -0.1) is 0 Å². The lowest BCUT2D eigenvalue weighted by atomic mass is 10.1. The average Bonchev–Trinajstić information content (AvgIpc) is 2.35. The van der Waals surface area contributed by atoms with Gasteiger partial charge in [-0.2, -0.15) is 4.39 Å². The molecule has 0 aliphatic carbocycles. The molecule has 0 amide bonds. The first-order chi connectivity index (χ1) is 8.06. The number of halogens is 1. The maximum Gasteiger partial charge on any atom is 0.211 e. The fraction of sp³-hybridized carbons (Fsp3) is 0.533. The molecule has 17 heavy (non-hydrogen) atoms. The Balaban J connectivity index is 4.80. The molecule has 0 N–H and O–H groups in total. The summed E-state index contributed by atoms with van der Waals surface area (Å²) in [6, 6.07) is 0. The molecule has 0 radical (unpaired) electrons. The summed E-state index contributed by atoms with van der Waals surface area (Å²) in [5.41, 5.74) is 2.82. The zero-order valence-electron chi connectivity index (χ0n) is 11.7. The molecule has 0 aromatic heterocycles. The normalized spacial score (nSPS) is 15.4. The van der Waals surface area contributed by atoms with E-state index >= 15 is 0 Å². The summed E-state index contributed by atoms with van der Waals surface area (Å²) < 4.78 is 13.4. The number of aliphatic imine (C=N–C) groups is 1. The second-order valence-electron chi connectivity index (χ2n) is 4.10. The van der Waals surface area contributed by atoms with E-state index in [0.717, 1.165) is 24.0 Å². The van der Waals surface area contributed by atoms with Crippen molar-refractivity contribution in [1.82, 2.24) is 0 Å². The maximum absolute atomic E-state index is 13.4. The van der Waals surface area contributed by atoms with Gasteiger partial charge in [-0.3, -0.25) is 0 Å². The molecule has 0 atom stereocenters. The molecule has 1 nitrogen and oxygen atoms in total. The average molecular weight is 237 g/mol. The molecule has 0 heterocycles. The number of hydrogen-bond acceptors (Lipinski definition) is 1. The summed E-state index contributed by atoms with van der Waals surface area (Å²) in [5, 5.41) is 0. The number of rotatable bonds is 6. The lowest BCUT2D eigenvalue weighted by molar-refractivity contribution is 0.610. The summed E-state index contributed by atoms with van der Waals surface area (Å²) in [5.74, 6) is -0.366. The molecular weight excluding hydrogens is 213 g/mol. The van der Waals surface area contributed by atoms with Gasteiger partial charge in [0.15, 0.2) is 0 Å². The number of unbranched alkanes of at least 4 members (excludes halogenated alkanes) is 1. The van der Waals surface area contributed by atoms with E-state index in [2.05, 4.69) is 18.0 Å². The Bertz CT molecular complexity index is 346. The monoisotopic (exact) mass is 237 g/mol. The van der Waals surface area contributed by atoms with Gasteiger partial charge in [0.25, 0.3) is 0 Å². The summed E-state index contributed by atoms with van der Waals surface area (Å²) in [6.07, 6.45) is 8.59. The van der Waals surface area contributed by atoms with Gasteiger partial charge in [-0.05, 0) is 50.3 Å². The Hall–Kier alpha value is -1.18. The maximum atomic E-state index is 13.4. The highest BCUT2D eigenvalue weighted by Crippen LogP contribution is 2.13. The standard InChI is InChI=1S/C15H24FN/c1-6-9-10-13(5)14(8-3)11-17-15(16)12(4)7-2/h8,10-11H,6-7,9H2,1-5H3/b13-10+,14-8+,15-12+,17-11-. The first kappa shape index (κ1) is 15.8. The van der Waals surface area contributed by atoms with Crippen LogP contribution in [0.3, 0.4) is 0 Å². The van der Waals surface area contributed by atoms with E-state index in [1.165, 1.54) is 0 Å². The van der Waals surface area contributed by atoms with Gasteiger partial charge in [0.1, 0.15) is 0 Å². The number of hydrogen-bond donors (Lipinski definition) is 0. The van der Waals surface area contributed by atoms with E-state index in [-0.39, 0.29) is 5.95 Å². The van der Waals surface area contributed by atoms with Crippen LogP contribution in [0, 0.1) is 0 Å². The lowest BCUT2D eigenvalue weighted by Crippen LogP contribution is -1.88. The highest BCUT2D eigenvalue weighted by Gasteiger charge is 1.98. The number of nitrogens with zero attached hydrogens (tertiary/aromatic N) is 1. The molecule has 0 aromatic carbocycles. The minimum absolute atomic E-state index is 0.366. The first-order valence-electron chi connectivity index (χ1n) is 6.29. The quantitative estimate of drug-likeness (QED) is 0.335. The first-order valence-corrected chi connectivity index (χ1v) is 6.29. The van der Waals surface area contributed by atoms with Crippen molar-refractivity contribution >= 4 is 6.21 Å². The molecule has 0 unspecified atom stereocenters. The summed E-state index contributed by atoms with van der Waals surface area (Å²) in [6.45, 7) is 9.81. The number of allylic oxidation sites excluding steroid dienone is 5. The minimum Gasteiger partial charge on any atom is -0.228 e. The molecule has 0 rings (SSSR count). The third kappa shape index (κ3) is 6.20. The van der Waals surface area contributed by atoms with E-state index in [9.17, 15) is 4.39 Å². The Labute approximate surface area is 105 Å². The molecule has 0 aliphatic rings. The van der Waals surface area contributed by atoms with Crippen LogP contribution < -0.4 is 0 Å². The Kier molecular flexibility index (Phi) is 8.29. The summed E-state index contributed by atoms with van der Waals surface area (Å²) >= 11 is 0. The minimum atomic E-state index is -0.366. The van der Waals surface area contributed by atoms with Crippen LogP contribution in [0.25, 0.3) is 0 Å². The van der Waals surface area contributed by atoms with Gasteiger partial charge in [0.05, 0.1) is 0 Å². The molecule has 0 aromatic rings. The van der Waals surface area contributed by atoms with Crippen molar-refractivity contribution in [3.05, 3.63) is 34.8 Å². The highest BCUT2D eigenvalue weighted by atomic mass is 19.1. The molecule has 0 bridgehead atoms. The van der Waals surface area contributed by atoms with Crippen molar-refractivity contribution in [3.63, 3.8) is 0 Å². The zero-order chi connectivity index (χ0) is 13.3. The fourth-order valence-corrected chi connectivity index (χ4v) is 1.26. The molecule has 0 aliphatic heterocycles. The van der Waals surface area contributed by atoms with Gasteiger partial charge < -0.3 is 0 Å². The molecule has 0 fully saturated rings. The van der Waals surface area contributed by atoms with Crippen molar-refractivity contribution in [2.24, 2.45) is 4.99 Å². The van der Waals surface area contributed by atoms with Gasteiger partial charge in [-0.1, -0.05) is 32.4 Å². The zero-order valence-corrected chi connectivity index (χ0v) is 11.7. The van der Waals surface area contributed by atoms with Crippen LogP contribution in [0.2, 0.25) is 0 Å². The van der Waals surface area contributed by atoms with Crippen LogP contribution in [-0.4, -0.2) is 6.21 Å². The van der Waals surface area contributed by atoms with Crippen molar-refractivity contribution in [1.29, 1.82) is 0 Å². The second kappa shape index (κ2) is 8.91. The van der Waals surface area contributed by atoms with E-state index in [1.807, 2.05) is 26.8 Å². The largest absolute Gasteiger partial charge is 0.228 e. The van der Waals surface area contributed by atoms with E-state index in [0.29, 0.717) is 12.0 Å². The Morgan fingerprint density at radius 3 is 2.35 bits per heavy atom. The molecule has 2 heteroatoms. The van der Waals surface area contributed by atoms with Gasteiger partial charge in [0, 0.05) is 6.21 Å². The summed E-state index contributed by atoms with van der Waals surface area (Å²) in [7, 11) is 0. The van der Waals surface area contributed by atoms with Crippen LogP contribution in [0.1, 0.15) is 53.9 Å². The van der Waals surface area contributed by atoms with Crippen molar-refractivity contribution in [3.8, 4) is 0 Å². The summed E-state index contributed by atoms with van der Waals surface area (Å²) in [4.78, 5) is 3.87. The lowest BCUT2D eigenvalue weighted by Gasteiger charge is -2.01. The molecule has 96 valence electrons. The van der Waals surface area contributed by atoms with Crippen LogP contribution in [-0.2, 0) is 0 Å². The van der Waals surface area contributed by atoms with Gasteiger partial charge in [0.2, 0.25) is 5.95 Å². The highest BCUT2D eigenvalue weighted by molar-refractivity contribution is 5.84. The molecule has 0 saturated heterocycles. The van der Waals surface area contributed by atoms with Crippen molar-refractivity contribution < 1.29 is 4.39 Å². The van der Waals surface area contributed by atoms with Crippen LogP contribution >= 0.6 is 0 Å². The van der Waals surface area contributed by atoms with Crippen LogP contribution in [0.5, 0.6) is 0 Å². The molecule has 0 spiro atoms. The van der Waals surface area contributed by atoms with Gasteiger partial charge in [-0.25, -0.2) is 4.99 Å². The van der Waals surface area contributed by atoms with E-state index in [1.54, 1.807) is 13.1 Å². The third-order valence-electron chi connectivity index (χ3n) is 2.71. The van der Waals surface area contributed by atoms with Crippen molar-refractivity contribution in [2.45, 2.75) is 53.9 Å². The Morgan fingerprint density at radius 2 is 1.88 bits per heavy atom. The molecular formula is C15H24FN. The fourth-order valence-electron chi connectivity index (χ4n) is 1.26. The van der Waals surface area contributed by atoms with E-state index in [4.69, 9.17) is 0 Å². The SMILES string of the molecule is C/C=C(\C=N/C(F)=C(\C)CC)C(/C)=C/CCC. The third-order valence-corrected chi connectivity index (χ3v) is 2.71. The topological polar surface area (TPSA) is 12.4 Å². The predicted octanol–water partition coefficient (Wildman–Crippen LogP) is 5.36.